The van der Waals surface area contributed by atoms with E-state index in [0.717, 1.165) is 12.1 Å². The monoisotopic (exact) mass is 347 g/mol. The molecule has 0 spiro atoms. The largest absolute Gasteiger partial charge is 0.336 e. The zero-order chi connectivity index (χ0) is 17.7. The molecule has 0 bridgehead atoms. The molecule has 1 atom stereocenters. The van der Waals surface area contributed by atoms with Gasteiger partial charge in [-0.2, -0.15) is 5.10 Å². The fourth-order valence-corrected chi connectivity index (χ4v) is 4.42. The molecule has 0 radical (unpaired) electrons. The van der Waals surface area contributed by atoms with E-state index in [-0.39, 0.29) is 17.6 Å². The number of likely N-dealkylation sites (tertiary alicyclic amines) is 1. The van der Waals surface area contributed by atoms with Crippen LogP contribution < -0.4 is 10.6 Å². The van der Waals surface area contributed by atoms with E-state index in [1.54, 1.807) is 10.9 Å². The third kappa shape index (κ3) is 4.54. The molecule has 2 N–H and O–H groups in total. The van der Waals surface area contributed by atoms with Gasteiger partial charge in [-0.1, -0.05) is 25.7 Å². The maximum absolute atomic E-state index is 12.4. The topological polar surface area (TPSA) is 62.2 Å². The second-order valence-electron chi connectivity index (χ2n) is 7.83. The maximum Gasteiger partial charge on any atom is 0.315 e. The second kappa shape index (κ2) is 8.21. The van der Waals surface area contributed by atoms with Crippen LogP contribution in [0, 0.1) is 0 Å². The van der Waals surface area contributed by atoms with Gasteiger partial charge in [0.25, 0.3) is 0 Å². The van der Waals surface area contributed by atoms with E-state index in [1.165, 1.54) is 64.5 Å². The van der Waals surface area contributed by atoms with Crippen LogP contribution in [0.4, 0.5) is 4.79 Å². The predicted molar refractivity (Wildman–Crippen MR) is 99.4 cm³/mol. The number of piperidine rings is 1. The third-order valence-electron chi connectivity index (χ3n) is 5.96. The molecule has 1 saturated heterocycles. The molecule has 1 unspecified atom stereocenters. The van der Waals surface area contributed by atoms with Crippen molar-refractivity contribution in [3.05, 3.63) is 18.0 Å². The number of nitrogens with one attached hydrogen (secondary N) is 2. The van der Waals surface area contributed by atoms with Crippen molar-refractivity contribution in [1.82, 2.24) is 25.3 Å². The molecule has 3 rings (SSSR count). The van der Waals surface area contributed by atoms with E-state index in [9.17, 15) is 4.79 Å². The summed E-state index contributed by atoms with van der Waals surface area (Å²) in [5.74, 6) is 0. The lowest BCUT2D eigenvalue weighted by Crippen LogP contribution is -2.59. The molecule has 6 nitrogen and oxygen atoms in total. The van der Waals surface area contributed by atoms with E-state index in [2.05, 4.69) is 20.6 Å². The van der Waals surface area contributed by atoms with E-state index in [4.69, 9.17) is 0 Å². The summed E-state index contributed by atoms with van der Waals surface area (Å²) in [7, 11) is 1.89. The Bertz CT molecular complexity index is 558. The second-order valence-corrected chi connectivity index (χ2v) is 7.83. The van der Waals surface area contributed by atoms with Crippen molar-refractivity contribution in [3.63, 3.8) is 0 Å². The van der Waals surface area contributed by atoms with Crippen LogP contribution in [0.5, 0.6) is 0 Å². The van der Waals surface area contributed by atoms with Crippen molar-refractivity contribution in [2.45, 2.75) is 69.9 Å². The number of rotatable bonds is 5. The number of hydrogen-bond acceptors (Lipinski definition) is 3. The molecule has 2 amide bonds. The zero-order valence-corrected chi connectivity index (χ0v) is 15.8. The van der Waals surface area contributed by atoms with Crippen LogP contribution in [0.1, 0.15) is 69.9 Å². The van der Waals surface area contributed by atoms with Crippen LogP contribution in [0.2, 0.25) is 0 Å². The van der Waals surface area contributed by atoms with Gasteiger partial charge in [-0.3, -0.25) is 9.58 Å². The van der Waals surface area contributed by atoms with Gasteiger partial charge in [-0.25, -0.2) is 4.79 Å². The van der Waals surface area contributed by atoms with Crippen molar-refractivity contribution in [2.75, 3.05) is 19.6 Å². The Kier molecular flexibility index (Phi) is 5.99. The summed E-state index contributed by atoms with van der Waals surface area (Å²) in [4.78, 5) is 15.1. The molecular weight excluding hydrogens is 314 g/mol. The lowest BCUT2D eigenvalue weighted by Gasteiger charge is -2.48. The SMILES string of the molecule is CC(NC(=O)NCC1(N2CCCCC2)CCCCC1)c1cnn(C)c1. The highest BCUT2D eigenvalue weighted by atomic mass is 16.2. The molecule has 2 aliphatic rings. The first kappa shape index (κ1) is 18.2. The number of urea groups is 1. The molecule has 140 valence electrons. The van der Waals surface area contributed by atoms with Crippen molar-refractivity contribution < 1.29 is 4.79 Å². The van der Waals surface area contributed by atoms with E-state index < -0.39 is 0 Å². The highest BCUT2D eigenvalue weighted by molar-refractivity contribution is 5.74. The van der Waals surface area contributed by atoms with Crippen molar-refractivity contribution >= 4 is 6.03 Å². The number of amides is 2. The normalized spacial score (nSPS) is 22.3. The summed E-state index contributed by atoms with van der Waals surface area (Å²) >= 11 is 0. The molecule has 1 aliphatic heterocycles. The Hall–Kier alpha value is -1.56. The molecule has 1 aromatic heterocycles. The van der Waals surface area contributed by atoms with Crippen LogP contribution in [-0.2, 0) is 7.05 Å². The van der Waals surface area contributed by atoms with Crippen LogP contribution in [0.3, 0.4) is 0 Å². The average molecular weight is 348 g/mol. The van der Waals surface area contributed by atoms with Crippen LogP contribution in [0.15, 0.2) is 12.4 Å². The first-order chi connectivity index (χ1) is 12.1. The van der Waals surface area contributed by atoms with Crippen molar-refractivity contribution in [3.8, 4) is 0 Å². The Balaban J connectivity index is 1.55. The predicted octanol–water partition coefficient (Wildman–Crippen LogP) is 2.97. The summed E-state index contributed by atoms with van der Waals surface area (Å²) in [6, 6.07) is -0.107. The molecular formula is C19H33N5O. The molecule has 25 heavy (non-hydrogen) atoms. The Labute approximate surface area is 151 Å². The van der Waals surface area contributed by atoms with E-state index in [1.807, 2.05) is 20.2 Å². The standard InChI is InChI=1S/C19H33N5O/c1-16(17-13-21-23(2)14-17)22-18(25)20-15-19(9-5-3-6-10-19)24-11-7-4-8-12-24/h13-14,16H,3-12,15H2,1-2H3,(H2,20,22,25). The molecule has 1 saturated carbocycles. The summed E-state index contributed by atoms with van der Waals surface area (Å²) < 4.78 is 1.76. The van der Waals surface area contributed by atoms with Gasteiger partial charge in [0.05, 0.1) is 12.2 Å². The minimum Gasteiger partial charge on any atom is -0.336 e. The number of carbonyl (C=O) groups excluding carboxylic acids is 1. The number of aromatic nitrogens is 2. The molecule has 6 heteroatoms. The quantitative estimate of drug-likeness (QED) is 0.861. The van der Waals surface area contributed by atoms with Gasteiger partial charge in [0.1, 0.15) is 0 Å². The number of hydrogen-bond donors (Lipinski definition) is 2. The summed E-state index contributed by atoms with van der Waals surface area (Å²) in [6.45, 7) is 5.14. The lowest BCUT2D eigenvalue weighted by molar-refractivity contribution is 0.0354. The fourth-order valence-electron chi connectivity index (χ4n) is 4.42. The average Bonchev–Trinajstić information content (AvgIpc) is 3.08. The Morgan fingerprint density at radius 3 is 2.52 bits per heavy atom. The fraction of sp³-hybridized carbons (Fsp3) is 0.789. The van der Waals surface area contributed by atoms with Gasteiger partial charge in [0.2, 0.25) is 0 Å². The highest BCUT2D eigenvalue weighted by Gasteiger charge is 2.38. The minimum atomic E-state index is -0.0710. The molecule has 1 aliphatic carbocycles. The highest BCUT2D eigenvalue weighted by Crippen LogP contribution is 2.35. The van der Waals surface area contributed by atoms with Crippen molar-refractivity contribution in [1.29, 1.82) is 0 Å². The van der Waals surface area contributed by atoms with Gasteiger partial charge in [-0.15, -0.1) is 0 Å². The summed E-state index contributed by atoms with van der Waals surface area (Å²) in [5.41, 5.74) is 1.20. The molecule has 1 aromatic rings. The zero-order valence-electron chi connectivity index (χ0n) is 15.8. The first-order valence-electron chi connectivity index (χ1n) is 9.87. The summed E-state index contributed by atoms with van der Waals surface area (Å²) in [5, 5.41) is 10.4. The smallest absolute Gasteiger partial charge is 0.315 e. The molecule has 2 heterocycles. The first-order valence-corrected chi connectivity index (χ1v) is 9.87. The maximum atomic E-state index is 12.4. The summed E-state index contributed by atoms with van der Waals surface area (Å²) in [6.07, 6.45) is 14.0. The molecule has 0 aromatic carbocycles. The van der Waals surface area contributed by atoms with Crippen LogP contribution in [0.25, 0.3) is 0 Å². The van der Waals surface area contributed by atoms with Gasteiger partial charge >= 0.3 is 6.03 Å². The van der Waals surface area contributed by atoms with Crippen LogP contribution in [-0.4, -0.2) is 45.9 Å². The van der Waals surface area contributed by atoms with Gasteiger partial charge in [-0.05, 0) is 45.7 Å². The number of aryl methyl sites for hydroxylation is 1. The van der Waals surface area contributed by atoms with Crippen LogP contribution >= 0.6 is 0 Å². The number of nitrogens with zero attached hydrogens (tertiary/aromatic N) is 3. The third-order valence-corrected chi connectivity index (χ3v) is 5.96. The van der Waals surface area contributed by atoms with E-state index in [0.29, 0.717) is 0 Å². The van der Waals surface area contributed by atoms with Crippen molar-refractivity contribution in [2.24, 2.45) is 7.05 Å². The molecule has 2 fully saturated rings. The van der Waals surface area contributed by atoms with Gasteiger partial charge in [0, 0.05) is 30.9 Å². The van der Waals surface area contributed by atoms with E-state index >= 15 is 0 Å². The van der Waals surface area contributed by atoms with Gasteiger partial charge < -0.3 is 10.6 Å². The Morgan fingerprint density at radius 2 is 1.88 bits per heavy atom. The van der Waals surface area contributed by atoms with Gasteiger partial charge in [0.15, 0.2) is 0 Å². The minimum absolute atomic E-state index is 0.0361. The number of carbonyl (C=O) groups is 1. The lowest BCUT2D eigenvalue weighted by atomic mass is 9.79. The Morgan fingerprint density at radius 1 is 1.20 bits per heavy atom.